The van der Waals surface area contributed by atoms with E-state index in [-0.39, 0.29) is 18.4 Å². The average Bonchev–Trinajstić information content (AvgIpc) is 3.23. The minimum atomic E-state index is -0.653. The summed E-state index contributed by atoms with van der Waals surface area (Å²) >= 11 is 0. The van der Waals surface area contributed by atoms with Crippen LogP contribution in [-0.2, 0) is 14.9 Å². The molecule has 1 saturated carbocycles. The number of benzene rings is 2. The van der Waals surface area contributed by atoms with Crippen molar-refractivity contribution in [1.82, 2.24) is 0 Å². The molecule has 0 aromatic heterocycles. The third-order valence-electron chi connectivity index (χ3n) is 5.22. The lowest BCUT2D eigenvalue weighted by Crippen LogP contribution is -2.35. The second kappa shape index (κ2) is 8.25. The third kappa shape index (κ3) is 3.82. The number of ether oxygens (including phenoxy) is 3. The lowest BCUT2D eigenvalue weighted by molar-refractivity contribution is -0.149. The smallest absolute Gasteiger partial charge is 0.317 e. The normalized spacial score (nSPS) is 15.2. The summed E-state index contributed by atoms with van der Waals surface area (Å²) in [4.78, 5) is 25.6. The molecule has 0 unspecified atom stereocenters. The summed E-state index contributed by atoms with van der Waals surface area (Å²) in [7, 11) is 3.02. The maximum absolute atomic E-state index is 13.0. The first kappa shape index (κ1) is 19.0. The van der Waals surface area contributed by atoms with Crippen LogP contribution in [0.25, 0.3) is 0 Å². The lowest BCUT2D eigenvalue weighted by atomic mass is 9.79. The van der Waals surface area contributed by atoms with E-state index >= 15 is 0 Å². The fourth-order valence-electron chi connectivity index (χ4n) is 3.73. The molecule has 2 aromatic rings. The first-order valence-corrected chi connectivity index (χ1v) is 9.09. The highest BCUT2D eigenvalue weighted by atomic mass is 16.5. The molecular weight excluding hydrogens is 344 g/mol. The Morgan fingerprint density at radius 2 is 1.67 bits per heavy atom. The number of carbonyl (C=O) groups excluding carboxylic acids is 2. The van der Waals surface area contributed by atoms with Crippen LogP contribution in [0.5, 0.6) is 11.5 Å². The molecule has 1 fully saturated rings. The molecule has 0 N–H and O–H groups in total. The van der Waals surface area contributed by atoms with Gasteiger partial charge < -0.3 is 14.2 Å². The zero-order chi connectivity index (χ0) is 19.3. The second-order valence-corrected chi connectivity index (χ2v) is 6.72. The molecule has 142 valence electrons. The van der Waals surface area contributed by atoms with E-state index in [0.717, 1.165) is 31.2 Å². The Bertz CT molecular complexity index is 807. The predicted molar refractivity (Wildman–Crippen MR) is 101 cm³/mol. The number of ketones is 1. The number of Topliss-reactive ketones (excluding diaryl/α,β-unsaturated/α-hetero) is 1. The van der Waals surface area contributed by atoms with Crippen LogP contribution in [-0.4, -0.2) is 32.6 Å². The van der Waals surface area contributed by atoms with Crippen LogP contribution in [0.4, 0.5) is 0 Å². The molecule has 0 spiro atoms. The maximum Gasteiger partial charge on any atom is 0.317 e. The topological polar surface area (TPSA) is 61.8 Å². The van der Waals surface area contributed by atoms with Crippen molar-refractivity contribution >= 4 is 11.8 Å². The molecule has 2 aromatic carbocycles. The van der Waals surface area contributed by atoms with Crippen LogP contribution < -0.4 is 9.47 Å². The van der Waals surface area contributed by atoms with Gasteiger partial charge in [-0.05, 0) is 36.6 Å². The Balaban J connectivity index is 1.76. The van der Waals surface area contributed by atoms with Gasteiger partial charge in [-0.25, -0.2) is 0 Å². The Hall–Kier alpha value is -2.82. The molecule has 1 aliphatic rings. The second-order valence-electron chi connectivity index (χ2n) is 6.72. The molecule has 5 heteroatoms. The standard InChI is InChI=1S/C22H24O5/c1-25-17-10-11-20(26-2)18(14-17)19(23)15-27-21(24)22(12-6-7-13-22)16-8-4-3-5-9-16/h3-5,8-11,14H,6-7,12-13,15H2,1-2H3. The first-order valence-electron chi connectivity index (χ1n) is 9.09. The minimum Gasteiger partial charge on any atom is -0.497 e. The summed E-state index contributed by atoms with van der Waals surface area (Å²) < 4.78 is 15.9. The van der Waals surface area contributed by atoms with Crippen molar-refractivity contribution < 1.29 is 23.8 Å². The highest BCUT2D eigenvalue weighted by molar-refractivity contribution is 6.01. The molecule has 3 rings (SSSR count). The molecule has 5 nitrogen and oxygen atoms in total. The number of hydrogen-bond acceptors (Lipinski definition) is 5. The van der Waals surface area contributed by atoms with Gasteiger partial charge in [-0.15, -0.1) is 0 Å². The Morgan fingerprint density at radius 3 is 2.30 bits per heavy atom. The van der Waals surface area contributed by atoms with Crippen LogP contribution in [0.2, 0.25) is 0 Å². The largest absolute Gasteiger partial charge is 0.497 e. The van der Waals surface area contributed by atoms with Gasteiger partial charge in [0, 0.05) is 0 Å². The Morgan fingerprint density at radius 1 is 0.963 bits per heavy atom. The number of rotatable bonds is 7. The van der Waals surface area contributed by atoms with Crippen molar-refractivity contribution in [3.63, 3.8) is 0 Å². The van der Waals surface area contributed by atoms with Crippen LogP contribution in [0.1, 0.15) is 41.6 Å². The van der Waals surface area contributed by atoms with E-state index in [2.05, 4.69) is 0 Å². The molecule has 0 amide bonds. The van der Waals surface area contributed by atoms with Crippen LogP contribution in [0, 0.1) is 0 Å². The van der Waals surface area contributed by atoms with E-state index in [1.54, 1.807) is 18.2 Å². The molecule has 0 aliphatic heterocycles. The summed E-state index contributed by atoms with van der Waals surface area (Å²) in [6.07, 6.45) is 3.43. The van der Waals surface area contributed by atoms with Gasteiger partial charge in [0.05, 0.1) is 25.2 Å². The van der Waals surface area contributed by atoms with Crippen molar-refractivity contribution in [2.24, 2.45) is 0 Å². The molecule has 0 heterocycles. The third-order valence-corrected chi connectivity index (χ3v) is 5.22. The van der Waals surface area contributed by atoms with Crippen LogP contribution in [0.3, 0.4) is 0 Å². The molecule has 0 radical (unpaired) electrons. The van der Waals surface area contributed by atoms with Crippen molar-refractivity contribution in [1.29, 1.82) is 0 Å². The number of carbonyl (C=O) groups is 2. The SMILES string of the molecule is COc1ccc(OC)c(C(=O)COC(=O)C2(c3ccccc3)CCCC2)c1. The van der Waals surface area contributed by atoms with Gasteiger partial charge >= 0.3 is 5.97 Å². The van der Waals surface area contributed by atoms with Crippen molar-refractivity contribution in [2.45, 2.75) is 31.1 Å². The van der Waals surface area contributed by atoms with Gasteiger partial charge in [0.2, 0.25) is 5.78 Å². The maximum atomic E-state index is 13.0. The zero-order valence-corrected chi connectivity index (χ0v) is 15.7. The molecule has 0 atom stereocenters. The van der Waals surface area contributed by atoms with Gasteiger partial charge in [0.1, 0.15) is 11.5 Å². The van der Waals surface area contributed by atoms with Gasteiger partial charge in [-0.2, -0.15) is 0 Å². The van der Waals surface area contributed by atoms with E-state index in [4.69, 9.17) is 14.2 Å². The number of hydrogen-bond donors (Lipinski definition) is 0. The summed E-state index contributed by atoms with van der Waals surface area (Å²) in [5, 5.41) is 0. The van der Waals surface area contributed by atoms with Gasteiger partial charge in [-0.3, -0.25) is 9.59 Å². The lowest BCUT2D eigenvalue weighted by Gasteiger charge is -2.27. The monoisotopic (exact) mass is 368 g/mol. The zero-order valence-electron chi connectivity index (χ0n) is 15.7. The molecule has 0 bridgehead atoms. The Labute approximate surface area is 159 Å². The first-order chi connectivity index (χ1) is 13.1. The van der Waals surface area contributed by atoms with Crippen molar-refractivity contribution in [2.75, 3.05) is 20.8 Å². The van der Waals surface area contributed by atoms with E-state index in [0.29, 0.717) is 17.1 Å². The van der Waals surface area contributed by atoms with Crippen LogP contribution in [0.15, 0.2) is 48.5 Å². The van der Waals surface area contributed by atoms with E-state index in [9.17, 15) is 9.59 Å². The highest BCUT2D eigenvalue weighted by Gasteiger charge is 2.44. The van der Waals surface area contributed by atoms with Gasteiger partial charge in [0.25, 0.3) is 0 Å². The van der Waals surface area contributed by atoms with E-state index in [1.807, 2.05) is 30.3 Å². The number of methoxy groups -OCH3 is 2. The summed E-state index contributed by atoms with van der Waals surface area (Å²) in [6, 6.07) is 14.7. The molecule has 27 heavy (non-hydrogen) atoms. The van der Waals surface area contributed by atoms with E-state index < -0.39 is 5.41 Å². The predicted octanol–water partition coefficient (Wildman–Crippen LogP) is 3.94. The molecular formula is C22H24O5. The van der Waals surface area contributed by atoms with Crippen molar-refractivity contribution in [3.05, 3.63) is 59.7 Å². The van der Waals surface area contributed by atoms with Gasteiger partial charge in [0.15, 0.2) is 6.61 Å². The quantitative estimate of drug-likeness (QED) is 0.547. The molecule has 0 saturated heterocycles. The van der Waals surface area contributed by atoms with E-state index in [1.165, 1.54) is 14.2 Å². The van der Waals surface area contributed by atoms with Crippen molar-refractivity contribution in [3.8, 4) is 11.5 Å². The summed E-state index contributed by atoms with van der Waals surface area (Å²) in [5.41, 5.74) is 0.642. The fourth-order valence-corrected chi connectivity index (χ4v) is 3.73. The molecule has 1 aliphatic carbocycles. The highest BCUT2D eigenvalue weighted by Crippen LogP contribution is 2.42. The Kier molecular flexibility index (Phi) is 5.79. The number of esters is 1. The van der Waals surface area contributed by atoms with Gasteiger partial charge in [-0.1, -0.05) is 43.2 Å². The van der Waals surface area contributed by atoms with Crippen LogP contribution >= 0.6 is 0 Å². The fraction of sp³-hybridized carbons (Fsp3) is 0.364. The summed E-state index contributed by atoms with van der Waals surface area (Å²) in [5.74, 6) is 0.319. The average molecular weight is 368 g/mol. The minimum absolute atomic E-state index is 0.319. The summed E-state index contributed by atoms with van der Waals surface area (Å²) in [6.45, 7) is -0.322.